The van der Waals surface area contributed by atoms with E-state index in [0.29, 0.717) is 5.92 Å². The van der Waals surface area contributed by atoms with Gasteiger partial charge < -0.3 is 5.73 Å². The van der Waals surface area contributed by atoms with E-state index < -0.39 is 0 Å². The van der Waals surface area contributed by atoms with E-state index in [1.807, 2.05) is 6.08 Å². The van der Waals surface area contributed by atoms with Gasteiger partial charge in [-0.3, -0.25) is 0 Å². The van der Waals surface area contributed by atoms with Gasteiger partial charge in [-0.05, 0) is 25.7 Å². The maximum Gasteiger partial charge on any atom is 0.0186 e. The molecule has 0 aliphatic rings. The van der Waals surface area contributed by atoms with Crippen LogP contribution in [0.4, 0.5) is 0 Å². The van der Waals surface area contributed by atoms with Crippen LogP contribution in [0, 0.1) is 5.92 Å². The van der Waals surface area contributed by atoms with Crippen LogP contribution in [0.3, 0.4) is 0 Å². The summed E-state index contributed by atoms with van der Waals surface area (Å²) in [7, 11) is 0. The average Bonchev–Trinajstić information content (AvgIpc) is 2.54. The maximum atomic E-state index is 6.35. The Balaban J connectivity index is 3.27. The molecule has 0 aromatic carbocycles. The van der Waals surface area contributed by atoms with Gasteiger partial charge >= 0.3 is 0 Å². The molecule has 144 valence electrons. The fraction of sp³-hybridized carbons (Fsp3) is 0.913. The predicted molar refractivity (Wildman–Crippen MR) is 111 cm³/mol. The van der Waals surface area contributed by atoms with Gasteiger partial charge in [0.25, 0.3) is 0 Å². The fourth-order valence-electron chi connectivity index (χ4n) is 3.49. The first-order chi connectivity index (χ1) is 11.5. The van der Waals surface area contributed by atoms with Gasteiger partial charge in [0, 0.05) is 5.54 Å². The second-order valence-electron chi connectivity index (χ2n) is 8.28. The van der Waals surface area contributed by atoms with Crippen molar-refractivity contribution in [3.05, 3.63) is 12.7 Å². The Kier molecular flexibility index (Phi) is 16.0. The third-order valence-electron chi connectivity index (χ3n) is 5.70. The van der Waals surface area contributed by atoms with Crippen LogP contribution in [-0.4, -0.2) is 5.54 Å². The normalized spacial score (nSPS) is 15.2. The second-order valence-corrected chi connectivity index (χ2v) is 8.28. The van der Waals surface area contributed by atoms with Gasteiger partial charge in [0.15, 0.2) is 0 Å². The van der Waals surface area contributed by atoms with Crippen molar-refractivity contribution < 1.29 is 0 Å². The van der Waals surface area contributed by atoms with Crippen LogP contribution >= 0.6 is 0 Å². The first kappa shape index (κ1) is 23.7. The summed E-state index contributed by atoms with van der Waals surface area (Å²) in [6, 6.07) is 0. The zero-order chi connectivity index (χ0) is 18.1. The molecule has 24 heavy (non-hydrogen) atoms. The van der Waals surface area contributed by atoms with Crippen molar-refractivity contribution >= 4 is 0 Å². The van der Waals surface area contributed by atoms with E-state index in [-0.39, 0.29) is 5.54 Å². The molecule has 0 bridgehead atoms. The Bertz CT molecular complexity index is 269. The number of nitrogens with two attached hydrogens (primary N) is 1. The predicted octanol–water partition coefficient (Wildman–Crippen LogP) is 7.79. The number of hydrogen-bond donors (Lipinski definition) is 1. The Morgan fingerprint density at radius 3 is 1.54 bits per heavy atom. The summed E-state index contributed by atoms with van der Waals surface area (Å²) >= 11 is 0. The van der Waals surface area contributed by atoms with Crippen LogP contribution in [0.25, 0.3) is 0 Å². The van der Waals surface area contributed by atoms with E-state index in [4.69, 9.17) is 5.73 Å². The molecule has 2 unspecified atom stereocenters. The number of unbranched alkanes of at least 4 members (excludes halogenated alkanes) is 13. The molecule has 1 nitrogen and oxygen atoms in total. The van der Waals surface area contributed by atoms with Gasteiger partial charge in [-0.25, -0.2) is 0 Å². The van der Waals surface area contributed by atoms with Crippen LogP contribution in [0.2, 0.25) is 0 Å². The van der Waals surface area contributed by atoms with E-state index >= 15 is 0 Å². The summed E-state index contributed by atoms with van der Waals surface area (Å²) in [5.41, 5.74) is 6.28. The quantitative estimate of drug-likeness (QED) is 0.200. The summed E-state index contributed by atoms with van der Waals surface area (Å²) in [5, 5.41) is 0. The van der Waals surface area contributed by atoms with Gasteiger partial charge in [-0.15, -0.1) is 6.58 Å². The van der Waals surface area contributed by atoms with Crippen molar-refractivity contribution in [2.24, 2.45) is 11.7 Å². The average molecular weight is 338 g/mol. The summed E-state index contributed by atoms with van der Waals surface area (Å²) < 4.78 is 0. The molecule has 0 saturated carbocycles. The van der Waals surface area contributed by atoms with Gasteiger partial charge in [0.05, 0.1) is 0 Å². The highest BCUT2D eigenvalue weighted by atomic mass is 14.7. The molecule has 0 aromatic heterocycles. The first-order valence-electron chi connectivity index (χ1n) is 10.9. The smallest absolute Gasteiger partial charge is 0.0186 e. The SMILES string of the molecule is C=CCC(C)(N)C(C)CCCCCCCCCCCCCCCC. The molecule has 0 aliphatic carbocycles. The van der Waals surface area contributed by atoms with Crippen LogP contribution in [-0.2, 0) is 0 Å². The molecule has 0 aliphatic heterocycles. The lowest BCUT2D eigenvalue weighted by atomic mass is 9.82. The Morgan fingerprint density at radius 2 is 1.17 bits per heavy atom. The molecule has 0 heterocycles. The molecule has 2 N–H and O–H groups in total. The Morgan fingerprint density at radius 1 is 0.792 bits per heavy atom. The van der Waals surface area contributed by atoms with Gasteiger partial charge in [-0.1, -0.05) is 110 Å². The summed E-state index contributed by atoms with van der Waals surface area (Å²) in [4.78, 5) is 0. The van der Waals surface area contributed by atoms with Gasteiger partial charge in [-0.2, -0.15) is 0 Å². The molecule has 0 spiro atoms. The minimum absolute atomic E-state index is 0.0711. The lowest BCUT2D eigenvalue weighted by molar-refractivity contribution is 0.293. The van der Waals surface area contributed by atoms with E-state index in [1.165, 1.54) is 96.3 Å². The van der Waals surface area contributed by atoms with Gasteiger partial charge in [0.2, 0.25) is 0 Å². The van der Waals surface area contributed by atoms with Crippen molar-refractivity contribution in [1.29, 1.82) is 0 Å². The third-order valence-corrected chi connectivity index (χ3v) is 5.70. The summed E-state index contributed by atoms with van der Waals surface area (Å²) in [5.74, 6) is 0.591. The van der Waals surface area contributed by atoms with E-state index in [9.17, 15) is 0 Å². The van der Waals surface area contributed by atoms with Crippen molar-refractivity contribution in [2.75, 3.05) is 0 Å². The maximum absolute atomic E-state index is 6.35. The highest BCUT2D eigenvalue weighted by Crippen LogP contribution is 2.24. The van der Waals surface area contributed by atoms with Gasteiger partial charge in [0.1, 0.15) is 0 Å². The van der Waals surface area contributed by atoms with Crippen LogP contribution in [0.1, 0.15) is 124 Å². The molecule has 0 aromatic rings. The monoisotopic (exact) mass is 337 g/mol. The van der Waals surface area contributed by atoms with Crippen molar-refractivity contribution in [1.82, 2.24) is 0 Å². The molecule has 1 heteroatoms. The number of hydrogen-bond acceptors (Lipinski definition) is 1. The van der Waals surface area contributed by atoms with Crippen molar-refractivity contribution in [3.8, 4) is 0 Å². The molecule has 0 rings (SSSR count). The van der Waals surface area contributed by atoms with Crippen LogP contribution in [0.5, 0.6) is 0 Å². The highest BCUT2D eigenvalue weighted by molar-refractivity contribution is 4.90. The zero-order valence-electron chi connectivity index (χ0n) is 17.3. The standard InChI is InChI=1S/C23H47N/c1-5-7-8-9-10-11-12-13-14-15-16-17-18-19-20-22(3)23(4,24)21-6-2/h6,22H,2,5,7-21,24H2,1,3-4H3. The molecule has 0 saturated heterocycles. The highest BCUT2D eigenvalue weighted by Gasteiger charge is 2.24. The van der Waals surface area contributed by atoms with Crippen LogP contribution < -0.4 is 5.73 Å². The zero-order valence-corrected chi connectivity index (χ0v) is 17.3. The fourth-order valence-corrected chi connectivity index (χ4v) is 3.49. The lowest BCUT2D eigenvalue weighted by Crippen LogP contribution is -2.42. The second kappa shape index (κ2) is 16.2. The molecule has 2 atom stereocenters. The molecule has 0 amide bonds. The van der Waals surface area contributed by atoms with Crippen LogP contribution in [0.15, 0.2) is 12.7 Å². The Hall–Kier alpha value is -0.300. The molecular weight excluding hydrogens is 290 g/mol. The van der Waals surface area contributed by atoms with Crippen molar-refractivity contribution in [2.45, 2.75) is 129 Å². The molecule has 0 radical (unpaired) electrons. The minimum Gasteiger partial charge on any atom is -0.325 e. The lowest BCUT2D eigenvalue weighted by Gasteiger charge is -2.30. The molecular formula is C23H47N. The Labute approximate surface area is 153 Å². The topological polar surface area (TPSA) is 26.0 Å². The largest absolute Gasteiger partial charge is 0.325 e. The minimum atomic E-state index is -0.0711. The van der Waals surface area contributed by atoms with Crippen molar-refractivity contribution in [3.63, 3.8) is 0 Å². The first-order valence-corrected chi connectivity index (χ1v) is 10.9. The van der Waals surface area contributed by atoms with E-state index in [1.54, 1.807) is 0 Å². The number of rotatable bonds is 18. The van der Waals surface area contributed by atoms with E-state index in [0.717, 1.165) is 6.42 Å². The summed E-state index contributed by atoms with van der Waals surface area (Å²) in [6.45, 7) is 10.6. The third kappa shape index (κ3) is 14.1. The van der Waals surface area contributed by atoms with E-state index in [2.05, 4.69) is 27.4 Å². The summed E-state index contributed by atoms with van der Waals surface area (Å²) in [6.07, 6.45) is 24.1. The molecule has 0 fully saturated rings.